The normalized spacial score (nSPS) is 35.7. The second kappa shape index (κ2) is 4.51. The van der Waals surface area contributed by atoms with Gasteiger partial charge in [0.05, 0.1) is 0 Å². The highest BCUT2D eigenvalue weighted by atomic mass is 35.5. The SMILES string of the molecule is CN1C[C@H]2CCN[C@@H]2C1.Cl.Cl. The maximum absolute atomic E-state index is 3.51. The highest BCUT2D eigenvalue weighted by Gasteiger charge is 2.33. The van der Waals surface area contributed by atoms with E-state index >= 15 is 0 Å². The summed E-state index contributed by atoms with van der Waals surface area (Å²) in [6.45, 7) is 3.84. The fourth-order valence-corrected chi connectivity index (χ4v) is 2.06. The van der Waals surface area contributed by atoms with Gasteiger partial charge >= 0.3 is 0 Å². The third-order valence-corrected chi connectivity index (χ3v) is 2.55. The minimum atomic E-state index is 0. The zero-order valence-corrected chi connectivity index (χ0v) is 8.38. The van der Waals surface area contributed by atoms with Crippen LogP contribution in [0.5, 0.6) is 0 Å². The number of rotatable bonds is 0. The lowest BCUT2D eigenvalue weighted by Crippen LogP contribution is -2.28. The summed E-state index contributed by atoms with van der Waals surface area (Å²) >= 11 is 0. The van der Waals surface area contributed by atoms with Crippen molar-refractivity contribution in [2.24, 2.45) is 5.92 Å². The highest BCUT2D eigenvalue weighted by Crippen LogP contribution is 2.22. The molecule has 2 heterocycles. The van der Waals surface area contributed by atoms with Crippen LogP contribution in [-0.4, -0.2) is 37.6 Å². The summed E-state index contributed by atoms with van der Waals surface area (Å²) in [5.41, 5.74) is 0. The number of likely N-dealkylation sites (N-methyl/N-ethyl adjacent to an activating group) is 1. The minimum Gasteiger partial charge on any atom is -0.312 e. The van der Waals surface area contributed by atoms with Crippen molar-refractivity contribution in [2.75, 3.05) is 26.7 Å². The number of hydrogen-bond acceptors (Lipinski definition) is 2. The van der Waals surface area contributed by atoms with Gasteiger partial charge in [-0.15, -0.1) is 24.8 Å². The number of nitrogens with one attached hydrogen (secondary N) is 1. The zero-order valence-electron chi connectivity index (χ0n) is 6.75. The zero-order chi connectivity index (χ0) is 6.27. The molecule has 2 rings (SSSR count). The van der Waals surface area contributed by atoms with E-state index < -0.39 is 0 Å². The van der Waals surface area contributed by atoms with Crippen LogP contribution in [0.1, 0.15) is 6.42 Å². The molecule has 1 N–H and O–H groups in total. The number of nitrogens with zero attached hydrogens (tertiary/aromatic N) is 1. The Morgan fingerprint density at radius 2 is 2.00 bits per heavy atom. The molecule has 0 spiro atoms. The van der Waals surface area contributed by atoms with Gasteiger partial charge in [0.1, 0.15) is 0 Å². The smallest absolute Gasteiger partial charge is 0.0235 e. The number of hydrogen-bond donors (Lipinski definition) is 1. The molecule has 4 heteroatoms. The van der Waals surface area contributed by atoms with Crippen LogP contribution in [0.3, 0.4) is 0 Å². The van der Waals surface area contributed by atoms with Crippen molar-refractivity contribution in [1.29, 1.82) is 0 Å². The standard InChI is InChI=1S/C7H14N2.2ClH/c1-9-4-6-2-3-8-7(6)5-9;;/h6-8H,2-5H2,1H3;2*1H/t6-,7-;;/m1../s1. The van der Waals surface area contributed by atoms with Crippen molar-refractivity contribution in [3.05, 3.63) is 0 Å². The Morgan fingerprint density at radius 1 is 1.27 bits per heavy atom. The molecule has 0 saturated carbocycles. The first kappa shape index (κ1) is 11.5. The largest absolute Gasteiger partial charge is 0.312 e. The Balaban J connectivity index is 0.000000500. The summed E-state index contributed by atoms with van der Waals surface area (Å²) in [5.74, 6) is 0.968. The molecule has 2 nitrogen and oxygen atoms in total. The average molecular weight is 199 g/mol. The van der Waals surface area contributed by atoms with E-state index in [0.717, 1.165) is 12.0 Å². The van der Waals surface area contributed by atoms with Crippen molar-refractivity contribution < 1.29 is 0 Å². The van der Waals surface area contributed by atoms with Crippen LogP contribution >= 0.6 is 24.8 Å². The molecule has 0 bridgehead atoms. The maximum Gasteiger partial charge on any atom is 0.0235 e. The van der Waals surface area contributed by atoms with Gasteiger partial charge in [0.15, 0.2) is 0 Å². The monoisotopic (exact) mass is 198 g/mol. The third kappa shape index (κ3) is 2.22. The van der Waals surface area contributed by atoms with Gasteiger partial charge < -0.3 is 10.2 Å². The number of likely N-dealkylation sites (tertiary alicyclic amines) is 1. The predicted octanol–water partition coefficient (Wildman–Crippen LogP) is 0.753. The van der Waals surface area contributed by atoms with Crippen molar-refractivity contribution in [3.63, 3.8) is 0 Å². The van der Waals surface area contributed by atoms with E-state index in [1.54, 1.807) is 0 Å². The van der Waals surface area contributed by atoms with Crippen molar-refractivity contribution in [1.82, 2.24) is 10.2 Å². The second-order valence-corrected chi connectivity index (χ2v) is 3.33. The third-order valence-electron chi connectivity index (χ3n) is 2.55. The van der Waals surface area contributed by atoms with E-state index in [-0.39, 0.29) is 24.8 Å². The van der Waals surface area contributed by atoms with Crippen molar-refractivity contribution in [2.45, 2.75) is 12.5 Å². The molecule has 0 aromatic heterocycles. The lowest BCUT2D eigenvalue weighted by molar-refractivity contribution is 0.382. The summed E-state index contributed by atoms with van der Waals surface area (Å²) in [6, 6.07) is 0.829. The summed E-state index contributed by atoms with van der Waals surface area (Å²) in [5, 5.41) is 3.51. The van der Waals surface area contributed by atoms with Crippen LogP contribution < -0.4 is 5.32 Å². The molecule has 0 amide bonds. The van der Waals surface area contributed by atoms with E-state index in [0.29, 0.717) is 0 Å². The van der Waals surface area contributed by atoms with E-state index in [9.17, 15) is 0 Å². The summed E-state index contributed by atoms with van der Waals surface area (Å²) in [4.78, 5) is 2.42. The first-order valence-electron chi connectivity index (χ1n) is 3.78. The fraction of sp³-hybridized carbons (Fsp3) is 1.00. The van der Waals surface area contributed by atoms with Crippen molar-refractivity contribution in [3.8, 4) is 0 Å². The van der Waals surface area contributed by atoms with Gasteiger partial charge in [0.25, 0.3) is 0 Å². The Hall–Kier alpha value is 0.500. The molecular weight excluding hydrogens is 183 g/mol. The molecule has 0 unspecified atom stereocenters. The molecule has 2 atom stereocenters. The Kier molecular flexibility index (Phi) is 4.71. The van der Waals surface area contributed by atoms with Gasteiger partial charge in [-0.05, 0) is 25.9 Å². The lowest BCUT2D eigenvalue weighted by atomic mass is 10.1. The van der Waals surface area contributed by atoms with Crippen LogP contribution in [-0.2, 0) is 0 Å². The second-order valence-electron chi connectivity index (χ2n) is 3.33. The molecule has 2 aliphatic heterocycles. The molecule has 0 radical (unpaired) electrons. The molecule has 11 heavy (non-hydrogen) atoms. The van der Waals surface area contributed by atoms with E-state index in [4.69, 9.17) is 0 Å². The molecule has 2 saturated heterocycles. The van der Waals surface area contributed by atoms with Crippen LogP contribution in [0.25, 0.3) is 0 Å². The Labute approximate surface area is 80.5 Å². The lowest BCUT2D eigenvalue weighted by Gasteiger charge is -2.07. The predicted molar refractivity (Wildman–Crippen MR) is 51.9 cm³/mol. The highest BCUT2D eigenvalue weighted by molar-refractivity contribution is 5.85. The first-order valence-corrected chi connectivity index (χ1v) is 3.78. The molecule has 0 aliphatic carbocycles. The van der Waals surface area contributed by atoms with E-state index in [1.807, 2.05) is 0 Å². The van der Waals surface area contributed by atoms with E-state index in [2.05, 4.69) is 17.3 Å². The van der Waals surface area contributed by atoms with Crippen LogP contribution in [0, 0.1) is 5.92 Å². The first-order chi connectivity index (χ1) is 4.36. The quantitative estimate of drug-likeness (QED) is 0.619. The molecule has 2 aliphatic rings. The van der Waals surface area contributed by atoms with Crippen LogP contribution in [0.15, 0.2) is 0 Å². The summed E-state index contributed by atoms with van der Waals surface area (Å²) in [6.07, 6.45) is 1.40. The fourth-order valence-electron chi connectivity index (χ4n) is 2.06. The number of halogens is 2. The molecule has 0 aromatic rings. The summed E-state index contributed by atoms with van der Waals surface area (Å²) in [7, 11) is 2.21. The number of fused-ring (bicyclic) bond motifs is 1. The van der Waals surface area contributed by atoms with Gasteiger partial charge in [-0.2, -0.15) is 0 Å². The van der Waals surface area contributed by atoms with Gasteiger partial charge in [0, 0.05) is 19.1 Å². The average Bonchev–Trinajstić information content (AvgIpc) is 2.22. The van der Waals surface area contributed by atoms with Gasteiger partial charge in [-0.1, -0.05) is 0 Å². The van der Waals surface area contributed by atoms with Crippen LogP contribution in [0.4, 0.5) is 0 Å². The maximum atomic E-state index is 3.51. The molecule has 68 valence electrons. The molecule has 2 fully saturated rings. The Morgan fingerprint density at radius 3 is 2.64 bits per heavy atom. The van der Waals surface area contributed by atoms with Crippen LogP contribution in [0.2, 0.25) is 0 Å². The molecular formula is C7H16Cl2N2. The topological polar surface area (TPSA) is 15.3 Å². The van der Waals surface area contributed by atoms with Gasteiger partial charge in [-0.3, -0.25) is 0 Å². The minimum absolute atomic E-state index is 0. The summed E-state index contributed by atoms with van der Waals surface area (Å²) < 4.78 is 0. The Bertz CT molecular complexity index is 109. The van der Waals surface area contributed by atoms with Gasteiger partial charge in [0.2, 0.25) is 0 Å². The van der Waals surface area contributed by atoms with Crippen molar-refractivity contribution >= 4 is 24.8 Å². The van der Waals surface area contributed by atoms with E-state index in [1.165, 1.54) is 26.1 Å². The molecule has 0 aromatic carbocycles. The van der Waals surface area contributed by atoms with Gasteiger partial charge in [-0.25, -0.2) is 0 Å².